The summed E-state index contributed by atoms with van der Waals surface area (Å²) in [4.78, 5) is 0.201. The number of benzene rings is 1. The second-order valence-electron chi connectivity index (χ2n) is 4.58. The molecule has 0 aliphatic rings. The lowest BCUT2D eigenvalue weighted by Gasteiger charge is -2.14. The van der Waals surface area contributed by atoms with E-state index in [0.29, 0.717) is 24.1 Å². The molecule has 0 amide bonds. The van der Waals surface area contributed by atoms with Crippen LogP contribution < -0.4 is 10.5 Å². The van der Waals surface area contributed by atoms with Gasteiger partial charge in [0, 0.05) is 11.9 Å². The van der Waals surface area contributed by atoms with Crippen molar-refractivity contribution in [2.24, 2.45) is 0 Å². The summed E-state index contributed by atoms with van der Waals surface area (Å²) in [6.45, 7) is 3.82. The van der Waals surface area contributed by atoms with E-state index in [1.807, 2.05) is 19.9 Å². The fourth-order valence-corrected chi connectivity index (χ4v) is 3.48. The smallest absolute Gasteiger partial charge is 0.263 e. The number of nitrogens with one attached hydrogen (secondary N) is 1. The third kappa shape index (κ3) is 3.30. The number of nitrogen functional groups attached to an aromatic ring is 1. The number of hydrogen-bond acceptors (Lipinski definition) is 5. The number of nitrogens with zero attached hydrogens (tertiary/aromatic N) is 2. The molecule has 2 aromatic rings. The zero-order valence-corrected chi connectivity index (χ0v) is 12.8. The van der Waals surface area contributed by atoms with E-state index in [4.69, 9.17) is 5.73 Å². The minimum absolute atomic E-state index is 0.181. The number of aryl methyl sites for hydroxylation is 1. The second-order valence-corrected chi connectivity index (χ2v) is 6.23. The number of anilines is 2. The van der Waals surface area contributed by atoms with Crippen molar-refractivity contribution in [1.82, 2.24) is 10.2 Å². The predicted molar refractivity (Wildman–Crippen MR) is 82.5 cm³/mol. The average Bonchev–Trinajstić information content (AvgIpc) is 2.47. The van der Waals surface area contributed by atoms with Crippen molar-refractivity contribution in [3.05, 3.63) is 41.6 Å². The zero-order valence-electron chi connectivity index (χ0n) is 12.0. The Morgan fingerprint density at radius 2 is 2.00 bits per heavy atom. The van der Waals surface area contributed by atoms with Gasteiger partial charge in [0.25, 0.3) is 10.0 Å². The van der Waals surface area contributed by atoms with Gasteiger partial charge in [-0.2, -0.15) is 5.10 Å². The quantitative estimate of drug-likeness (QED) is 0.823. The van der Waals surface area contributed by atoms with E-state index in [9.17, 15) is 8.42 Å². The maximum absolute atomic E-state index is 12.6. The molecule has 6 nitrogen and oxygen atoms in total. The normalized spacial score (nSPS) is 11.3. The van der Waals surface area contributed by atoms with E-state index in [0.717, 1.165) is 5.56 Å². The molecule has 0 saturated heterocycles. The Morgan fingerprint density at radius 3 is 2.57 bits per heavy atom. The molecule has 112 valence electrons. The van der Waals surface area contributed by atoms with Gasteiger partial charge >= 0.3 is 0 Å². The fraction of sp³-hybridized carbons (Fsp3) is 0.286. The van der Waals surface area contributed by atoms with E-state index in [1.54, 1.807) is 18.2 Å². The molecule has 21 heavy (non-hydrogen) atoms. The van der Waals surface area contributed by atoms with Crippen molar-refractivity contribution in [2.75, 3.05) is 10.5 Å². The van der Waals surface area contributed by atoms with E-state index in [2.05, 4.69) is 14.9 Å². The van der Waals surface area contributed by atoms with Crippen LogP contribution in [0.5, 0.6) is 0 Å². The molecule has 1 heterocycles. The molecule has 1 aromatic carbocycles. The molecular formula is C14H18N4O2S. The lowest BCUT2D eigenvalue weighted by molar-refractivity contribution is 0.599. The summed E-state index contributed by atoms with van der Waals surface area (Å²) in [7, 11) is -3.74. The molecule has 0 unspecified atom stereocenters. The molecule has 0 saturated carbocycles. The van der Waals surface area contributed by atoms with Gasteiger partial charge in [-0.05, 0) is 48.2 Å². The first kappa shape index (κ1) is 15.2. The molecule has 7 heteroatoms. The summed E-state index contributed by atoms with van der Waals surface area (Å²) in [5, 5.41) is 7.39. The lowest BCUT2D eigenvalue weighted by Crippen LogP contribution is -2.17. The largest absolute Gasteiger partial charge is 0.398 e. The molecular weight excluding hydrogens is 288 g/mol. The Hall–Kier alpha value is -2.15. The highest BCUT2D eigenvalue weighted by molar-refractivity contribution is 7.92. The van der Waals surface area contributed by atoms with E-state index < -0.39 is 10.0 Å². The first-order valence-electron chi connectivity index (χ1n) is 6.69. The van der Waals surface area contributed by atoms with Crippen LogP contribution in [0, 0.1) is 0 Å². The van der Waals surface area contributed by atoms with Gasteiger partial charge in [-0.3, -0.25) is 4.72 Å². The molecule has 3 N–H and O–H groups in total. The minimum Gasteiger partial charge on any atom is -0.398 e. The second kappa shape index (κ2) is 6.09. The lowest BCUT2D eigenvalue weighted by atomic mass is 10.1. The standard InChI is InChI=1S/C14H18N4O2S/c1-3-10-8-12(15)11(4-2)13(9-10)21(19,20)18-14-6-5-7-16-17-14/h5-9H,3-4,15H2,1-2H3,(H,17,18). The summed E-state index contributed by atoms with van der Waals surface area (Å²) in [5.41, 5.74) is 7.97. The predicted octanol–water partition coefficient (Wildman–Crippen LogP) is 1.98. The van der Waals surface area contributed by atoms with Crippen LogP contribution >= 0.6 is 0 Å². The van der Waals surface area contributed by atoms with Crippen molar-refractivity contribution in [1.29, 1.82) is 0 Å². The van der Waals surface area contributed by atoms with Crippen molar-refractivity contribution in [3.8, 4) is 0 Å². The fourth-order valence-electron chi connectivity index (χ4n) is 2.10. The molecule has 0 aliphatic carbocycles. The minimum atomic E-state index is -3.74. The molecule has 0 fully saturated rings. The number of nitrogens with two attached hydrogens (primary N) is 1. The highest BCUT2D eigenvalue weighted by Crippen LogP contribution is 2.26. The van der Waals surface area contributed by atoms with Crippen LogP contribution in [0.4, 0.5) is 11.5 Å². The molecule has 0 radical (unpaired) electrons. The molecule has 0 bridgehead atoms. The topological polar surface area (TPSA) is 98.0 Å². The Morgan fingerprint density at radius 1 is 1.24 bits per heavy atom. The summed E-state index contributed by atoms with van der Waals surface area (Å²) in [6.07, 6.45) is 2.72. The van der Waals surface area contributed by atoms with Crippen molar-refractivity contribution in [2.45, 2.75) is 31.6 Å². The average molecular weight is 306 g/mol. The van der Waals surface area contributed by atoms with Gasteiger partial charge < -0.3 is 5.73 Å². The van der Waals surface area contributed by atoms with Crippen LogP contribution in [0.25, 0.3) is 0 Å². The number of hydrogen-bond donors (Lipinski definition) is 2. The molecule has 0 spiro atoms. The Kier molecular flexibility index (Phi) is 4.42. The monoisotopic (exact) mass is 306 g/mol. The van der Waals surface area contributed by atoms with Crippen LogP contribution in [-0.2, 0) is 22.9 Å². The first-order valence-corrected chi connectivity index (χ1v) is 8.18. The van der Waals surface area contributed by atoms with Crippen LogP contribution in [-0.4, -0.2) is 18.6 Å². The highest BCUT2D eigenvalue weighted by atomic mass is 32.2. The van der Waals surface area contributed by atoms with E-state index >= 15 is 0 Å². The first-order chi connectivity index (χ1) is 9.97. The van der Waals surface area contributed by atoms with Gasteiger partial charge in [0.1, 0.15) is 0 Å². The summed E-state index contributed by atoms with van der Waals surface area (Å²) < 4.78 is 27.6. The SMILES string of the molecule is CCc1cc(N)c(CC)c(S(=O)(=O)Nc2cccnn2)c1. The van der Waals surface area contributed by atoms with Crippen molar-refractivity contribution in [3.63, 3.8) is 0 Å². The van der Waals surface area contributed by atoms with E-state index in [-0.39, 0.29) is 10.7 Å². The van der Waals surface area contributed by atoms with Gasteiger partial charge in [-0.15, -0.1) is 5.10 Å². The van der Waals surface area contributed by atoms with Crippen LogP contribution in [0.3, 0.4) is 0 Å². The van der Waals surface area contributed by atoms with Crippen molar-refractivity contribution >= 4 is 21.5 Å². The zero-order chi connectivity index (χ0) is 15.5. The van der Waals surface area contributed by atoms with Crippen LogP contribution in [0.15, 0.2) is 35.4 Å². The molecule has 2 rings (SSSR count). The number of aromatic nitrogens is 2. The third-order valence-electron chi connectivity index (χ3n) is 3.17. The Balaban J connectivity index is 2.51. The number of sulfonamides is 1. The Labute approximate surface area is 124 Å². The third-order valence-corrected chi connectivity index (χ3v) is 4.59. The maximum atomic E-state index is 12.6. The van der Waals surface area contributed by atoms with Crippen LogP contribution in [0.2, 0.25) is 0 Å². The summed E-state index contributed by atoms with van der Waals surface area (Å²) >= 11 is 0. The molecule has 0 aliphatic heterocycles. The van der Waals surface area contributed by atoms with Gasteiger partial charge in [-0.25, -0.2) is 8.42 Å². The number of rotatable bonds is 5. The van der Waals surface area contributed by atoms with Crippen LogP contribution in [0.1, 0.15) is 25.0 Å². The van der Waals surface area contributed by atoms with E-state index in [1.165, 1.54) is 6.20 Å². The summed E-state index contributed by atoms with van der Waals surface area (Å²) in [6, 6.07) is 6.64. The maximum Gasteiger partial charge on any atom is 0.263 e. The molecule has 1 aromatic heterocycles. The van der Waals surface area contributed by atoms with Gasteiger partial charge in [0.05, 0.1) is 4.90 Å². The van der Waals surface area contributed by atoms with Crippen molar-refractivity contribution < 1.29 is 8.42 Å². The van der Waals surface area contributed by atoms with Gasteiger partial charge in [0.2, 0.25) is 0 Å². The van der Waals surface area contributed by atoms with Gasteiger partial charge in [0.15, 0.2) is 5.82 Å². The van der Waals surface area contributed by atoms with Gasteiger partial charge in [-0.1, -0.05) is 13.8 Å². The molecule has 0 atom stereocenters. The summed E-state index contributed by atoms with van der Waals surface area (Å²) in [5.74, 6) is 0.181. The Bertz CT molecular complexity index is 730. The highest BCUT2D eigenvalue weighted by Gasteiger charge is 2.21.